The Balaban J connectivity index is 2.27. The highest BCUT2D eigenvalue weighted by atomic mass is 32.1. The molecule has 0 nitrogen and oxygen atoms in total. The molecule has 62 valence electrons. The third kappa shape index (κ3) is 1.51. The van der Waals surface area contributed by atoms with E-state index in [0.29, 0.717) is 0 Å². The van der Waals surface area contributed by atoms with E-state index in [-0.39, 0.29) is 0 Å². The second kappa shape index (κ2) is 3.28. The summed E-state index contributed by atoms with van der Waals surface area (Å²) in [6.07, 6.45) is 6.77. The molecule has 0 saturated heterocycles. The molecule has 1 aromatic rings. The standard InChI is InChI=1S/C11H12S/c1-2-4-10(9-6-7-9)11-5-3-8-12-11/h2-5,8-9H,1,6-7H2/b10-4+. The summed E-state index contributed by atoms with van der Waals surface area (Å²) in [5.74, 6) is 0.821. The third-order valence-electron chi connectivity index (χ3n) is 2.12. The SMILES string of the molecule is C=C/C=C(/c1cccs1)C1CC1. The van der Waals surface area contributed by atoms with Gasteiger partial charge in [-0.25, -0.2) is 0 Å². The molecule has 0 spiro atoms. The summed E-state index contributed by atoms with van der Waals surface area (Å²) in [6.45, 7) is 3.75. The lowest BCUT2D eigenvalue weighted by Gasteiger charge is -1.99. The van der Waals surface area contributed by atoms with Crippen molar-refractivity contribution in [1.29, 1.82) is 0 Å². The first kappa shape index (κ1) is 7.81. The molecule has 1 saturated carbocycles. The van der Waals surface area contributed by atoms with Crippen LogP contribution in [-0.4, -0.2) is 0 Å². The van der Waals surface area contributed by atoms with E-state index in [1.54, 1.807) is 0 Å². The molecular weight excluding hydrogens is 164 g/mol. The quantitative estimate of drug-likeness (QED) is 0.616. The Bertz CT molecular complexity index is 289. The first-order valence-corrected chi connectivity index (χ1v) is 5.16. The molecule has 0 amide bonds. The zero-order valence-corrected chi connectivity index (χ0v) is 7.81. The van der Waals surface area contributed by atoms with Gasteiger partial charge in [0.15, 0.2) is 0 Å². The van der Waals surface area contributed by atoms with Gasteiger partial charge in [-0.1, -0.05) is 24.8 Å². The first-order chi connectivity index (χ1) is 5.92. The molecule has 0 N–H and O–H groups in total. The highest BCUT2D eigenvalue weighted by molar-refractivity contribution is 7.11. The van der Waals surface area contributed by atoms with Gasteiger partial charge in [0.1, 0.15) is 0 Å². The van der Waals surface area contributed by atoms with E-state index in [4.69, 9.17) is 0 Å². The largest absolute Gasteiger partial charge is 0.144 e. The Hall–Kier alpha value is -0.820. The van der Waals surface area contributed by atoms with Crippen LogP contribution in [-0.2, 0) is 0 Å². The number of allylic oxidation sites excluding steroid dienone is 3. The van der Waals surface area contributed by atoms with E-state index in [1.807, 2.05) is 17.4 Å². The highest BCUT2D eigenvalue weighted by Crippen LogP contribution is 2.43. The first-order valence-electron chi connectivity index (χ1n) is 4.28. The molecular formula is C11H12S. The van der Waals surface area contributed by atoms with Crippen LogP contribution in [0, 0.1) is 5.92 Å². The van der Waals surface area contributed by atoms with Crippen LogP contribution in [0.4, 0.5) is 0 Å². The fraction of sp³-hybridized carbons (Fsp3) is 0.273. The van der Waals surface area contributed by atoms with Crippen molar-refractivity contribution >= 4 is 16.9 Å². The molecule has 0 atom stereocenters. The van der Waals surface area contributed by atoms with E-state index in [0.717, 1.165) is 5.92 Å². The van der Waals surface area contributed by atoms with Crippen molar-refractivity contribution in [3.63, 3.8) is 0 Å². The Morgan fingerprint density at radius 2 is 2.42 bits per heavy atom. The summed E-state index contributed by atoms with van der Waals surface area (Å²) in [5, 5.41) is 2.13. The molecule has 1 aliphatic carbocycles. The molecule has 1 aromatic heterocycles. The average molecular weight is 176 g/mol. The lowest BCUT2D eigenvalue weighted by molar-refractivity contribution is 1.16. The third-order valence-corrected chi connectivity index (χ3v) is 3.04. The Morgan fingerprint density at radius 1 is 1.58 bits per heavy atom. The van der Waals surface area contributed by atoms with Gasteiger partial charge in [-0.3, -0.25) is 0 Å². The molecule has 1 heteroatoms. The summed E-state index contributed by atoms with van der Waals surface area (Å²) in [7, 11) is 0. The van der Waals surface area contributed by atoms with Crippen LogP contribution in [0.15, 0.2) is 36.2 Å². The summed E-state index contributed by atoms with van der Waals surface area (Å²) < 4.78 is 0. The fourth-order valence-corrected chi connectivity index (χ4v) is 2.22. The van der Waals surface area contributed by atoms with Crippen LogP contribution in [0.25, 0.3) is 5.57 Å². The zero-order valence-electron chi connectivity index (χ0n) is 6.99. The lowest BCUT2D eigenvalue weighted by Crippen LogP contribution is -1.80. The molecule has 1 heterocycles. The molecule has 1 fully saturated rings. The molecule has 0 unspecified atom stereocenters. The van der Waals surface area contributed by atoms with Crippen molar-refractivity contribution in [1.82, 2.24) is 0 Å². The molecule has 0 aliphatic heterocycles. The van der Waals surface area contributed by atoms with Crippen molar-refractivity contribution in [2.45, 2.75) is 12.8 Å². The smallest absolute Gasteiger partial charge is 0.0305 e. The minimum Gasteiger partial charge on any atom is -0.144 e. The van der Waals surface area contributed by atoms with E-state index in [9.17, 15) is 0 Å². The summed E-state index contributed by atoms with van der Waals surface area (Å²) >= 11 is 1.82. The number of thiophene rings is 1. The molecule has 12 heavy (non-hydrogen) atoms. The summed E-state index contributed by atoms with van der Waals surface area (Å²) in [5.41, 5.74) is 1.49. The second-order valence-corrected chi connectivity index (χ2v) is 4.06. The van der Waals surface area contributed by atoms with Crippen LogP contribution >= 0.6 is 11.3 Å². The maximum Gasteiger partial charge on any atom is 0.0305 e. The Kier molecular flexibility index (Phi) is 2.13. The van der Waals surface area contributed by atoms with Crippen molar-refractivity contribution in [3.8, 4) is 0 Å². The predicted octanol–water partition coefficient (Wildman–Crippen LogP) is 3.73. The van der Waals surface area contributed by atoms with Crippen LogP contribution in [0.3, 0.4) is 0 Å². The average Bonchev–Trinajstić information content (AvgIpc) is 2.77. The molecule has 0 radical (unpaired) electrons. The summed E-state index contributed by atoms with van der Waals surface area (Å²) in [4.78, 5) is 1.41. The second-order valence-electron chi connectivity index (χ2n) is 3.11. The zero-order chi connectivity index (χ0) is 8.39. The van der Waals surface area contributed by atoms with Crippen LogP contribution < -0.4 is 0 Å². The Labute approximate surface area is 77.2 Å². The number of rotatable bonds is 3. The number of hydrogen-bond donors (Lipinski definition) is 0. The van der Waals surface area contributed by atoms with Gasteiger partial charge in [0.05, 0.1) is 0 Å². The molecule has 1 aliphatic rings. The monoisotopic (exact) mass is 176 g/mol. The summed E-state index contributed by atoms with van der Waals surface area (Å²) in [6, 6.07) is 4.30. The van der Waals surface area contributed by atoms with Crippen LogP contribution in [0.1, 0.15) is 17.7 Å². The fourth-order valence-electron chi connectivity index (χ4n) is 1.38. The maximum atomic E-state index is 3.75. The van der Waals surface area contributed by atoms with Crippen molar-refractivity contribution in [3.05, 3.63) is 41.1 Å². The van der Waals surface area contributed by atoms with Gasteiger partial charge in [-0.15, -0.1) is 11.3 Å². The topological polar surface area (TPSA) is 0 Å². The van der Waals surface area contributed by atoms with E-state index >= 15 is 0 Å². The van der Waals surface area contributed by atoms with Crippen molar-refractivity contribution in [2.24, 2.45) is 5.92 Å². The number of hydrogen-bond acceptors (Lipinski definition) is 1. The van der Waals surface area contributed by atoms with Gasteiger partial charge in [-0.2, -0.15) is 0 Å². The van der Waals surface area contributed by atoms with Gasteiger partial charge in [0.2, 0.25) is 0 Å². The van der Waals surface area contributed by atoms with E-state index in [2.05, 4.69) is 30.2 Å². The van der Waals surface area contributed by atoms with Gasteiger partial charge in [0.25, 0.3) is 0 Å². The van der Waals surface area contributed by atoms with Gasteiger partial charge in [0, 0.05) is 4.88 Å². The van der Waals surface area contributed by atoms with Crippen LogP contribution in [0.2, 0.25) is 0 Å². The van der Waals surface area contributed by atoms with Gasteiger partial charge >= 0.3 is 0 Å². The van der Waals surface area contributed by atoms with Crippen molar-refractivity contribution in [2.75, 3.05) is 0 Å². The molecule has 0 aromatic carbocycles. The Morgan fingerprint density at radius 3 is 2.92 bits per heavy atom. The minimum atomic E-state index is 0.821. The van der Waals surface area contributed by atoms with Gasteiger partial charge < -0.3 is 0 Å². The maximum absolute atomic E-state index is 3.75. The van der Waals surface area contributed by atoms with E-state index in [1.165, 1.54) is 23.3 Å². The lowest BCUT2D eigenvalue weighted by atomic mass is 10.1. The van der Waals surface area contributed by atoms with Gasteiger partial charge in [-0.05, 0) is 35.8 Å². The van der Waals surface area contributed by atoms with E-state index < -0.39 is 0 Å². The normalized spacial score (nSPS) is 17.8. The predicted molar refractivity (Wildman–Crippen MR) is 55.2 cm³/mol. The highest BCUT2D eigenvalue weighted by Gasteiger charge is 2.26. The molecule has 2 rings (SSSR count). The van der Waals surface area contributed by atoms with Crippen LogP contribution in [0.5, 0.6) is 0 Å². The van der Waals surface area contributed by atoms with Crippen molar-refractivity contribution < 1.29 is 0 Å². The molecule has 0 bridgehead atoms. The minimum absolute atomic E-state index is 0.821.